The van der Waals surface area contributed by atoms with E-state index in [1.54, 1.807) is 0 Å². The molecule has 1 aliphatic rings. The van der Waals surface area contributed by atoms with Crippen LogP contribution in [-0.4, -0.2) is 23.9 Å². The molecule has 1 aromatic heterocycles. The van der Waals surface area contributed by atoms with E-state index < -0.39 is 5.60 Å². The first kappa shape index (κ1) is 21.2. The van der Waals surface area contributed by atoms with Gasteiger partial charge in [0.15, 0.2) is 5.60 Å². The summed E-state index contributed by atoms with van der Waals surface area (Å²) in [7, 11) is 1.92. The minimum Gasteiger partial charge on any atom is -0.440 e. The van der Waals surface area contributed by atoms with Crippen molar-refractivity contribution < 1.29 is 14.3 Å². The highest BCUT2D eigenvalue weighted by atomic mass is 16.6. The van der Waals surface area contributed by atoms with E-state index in [9.17, 15) is 9.59 Å². The van der Waals surface area contributed by atoms with Gasteiger partial charge in [0.25, 0.3) is 0 Å². The van der Waals surface area contributed by atoms with Crippen LogP contribution in [0.4, 0.5) is 0 Å². The summed E-state index contributed by atoms with van der Waals surface area (Å²) in [4.78, 5) is 24.3. The number of aryl methyl sites for hydroxylation is 1. The van der Waals surface area contributed by atoms with E-state index in [2.05, 4.69) is 46.3 Å². The van der Waals surface area contributed by atoms with Crippen LogP contribution in [0.3, 0.4) is 0 Å². The number of carbonyl (C=O) groups is 2. The van der Waals surface area contributed by atoms with Gasteiger partial charge in [-0.2, -0.15) is 0 Å². The largest absolute Gasteiger partial charge is 0.440 e. The molecule has 0 fully saturated rings. The summed E-state index contributed by atoms with van der Waals surface area (Å²) in [6.07, 6.45) is 1.36. The summed E-state index contributed by atoms with van der Waals surface area (Å²) in [6, 6.07) is 24.0. The van der Waals surface area contributed by atoms with Gasteiger partial charge in [-0.25, -0.2) is 4.79 Å². The Morgan fingerprint density at radius 3 is 2.48 bits per heavy atom. The molecule has 0 radical (unpaired) electrons. The predicted octanol–water partition coefficient (Wildman–Crippen LogP) is 4.72. The molecule has 33 heavy (non-hydrogen) atoms. The minimum absolute atomic E-state index is 0.325. The molecule has 1 unspecified atom stereocenters. The average molecular weight is 439 g/mol. The van der Waals surface area contributed by atoms with Crippen molar-refractivity contribution in [2.24, 2.45) is 0 Å². The quantitative estimate of drug-likeness (QED) is 0.335. The van der Waals surface area contributed by atoms with Crippen molar-refractivity contribution in [3.63, 3.8) is 0 Å². The SMILES string of the molecule is CNCc1ccc(C2(c3c(C)n(CCC=O)c4ccccc34)OC(=O)c3ccccc32)cc1. The predicted molar refractivity (Wildman–Crippen MR) is 128 cm³/mol. The Balaban J connectivity index is 1.85. The number of carbonyl (C=O) groups excluding carboxylic acids is 2. The Morgan fingerprint density at radius 2 is 1.73 bits per heavy atom. The van der Waals surface area contributed by atoms with Gasteiger partial charge in [0, 0.05) is 52.8 Å². The molecular weight excluding hydrogens is 412 g/mol. The Labute approximate surface area is 193 Å². The topological polar surface area (TPSA) is 60.3 Å². The third-order valence-electron chi connectivity index (χ3n) is 6.57. The lowest BCUT2D eigenvalue weighted by Gasteiger charge is -2.31. The Bertz CT molecular complexity index is 1350. The third kappa shape index (κ3) is 3.19. The molecule has 0 saturated heterocycles. The normalized spacial score (nSPS) is 17.2. The highest BCUT2D eigenvalue weighted by Gasteiger charge is 2.50. The Kier molecular flexibility index (Phi) is 5.35. The van der Waals surface area contributed by atoms with E-state index in [1.165, 1.54) is 0 Å². The molecule has 0 aliphatic carbocycles. The van der Waals surface area contributed by atoms with Crippen molar-refractivity contribution in [2.75, 3.05) is 7.05 Å². The second-order valence-electron chi connectivity index (χ2n) is 8.43. The number of ether oxygens (including phenoxy) is 1. The van der Waals surface area contributed by atoms with Gasteiger partial charge in [-0.15, -0.1) is 0 Å². The highest BCUT2D eigenvalue weighted by molar-refractivity contribution is 5.98. The first-order chi connectivity index (χ1) is 16.1. The number of cyclic esters (lactones) is 1. The van der Waals surface area contributed by atoms with E-state index >= 15 is 0 Å². The summed E-state index contributed by atoms with van der Waals surface area (Å²) >= 11 is 0. The number of nitrogens with one attached hydrogen (secondary N) is 1. The fourth-order valence-electron chi connectivity index (χ4n) is 5.17. The van der Waals surface area contributed by atoms with Crippen molar-refractivity contribution >= 4 is 23.2 Å². The smallest absolute Gasteiger partial charge is 0.340 e. The first-order valence-corrected chi connectivity index (χ1v) is 11.2. The summed E-state index contributed by atoms with van der Waals surface area (Å²) in [5.41, 5.74) is 5.38. The second-order valence-corrected chi connectivity index (χ2v) is 8.43. The molecule has 1 N–H and O–H groups in total. The van der Waals surface area contributed by atoms with Crippen LogP contribution in [0, 0.1) is 6.92 Å². The van der Waals surface area contributed by atoms with Crippen LogP contribution in [0.1, 0.15) is 44.7 Å². The van der Waals surface area contributed by atoms with E-state index in [0.29, 0.717) is 18.5 Å². The van der Waals surface area contributed by atoms with Crippen LogP contribution in [-0.2, 0) is 28.2 Å². The zero-order chi connectivity index (χ0) is 23.0. The maximum Gasteiger partial charge on any atom is 0.340 e. The van der Waals surface area contributed by atoms with E-state index in [1.807, 2.05) is 50.4 Å². The fourth-order valence-corrected chi connectivity index (χ4v) is 5.17. The number of rotatable bonds is 7. The fraction of sp³-hybridized carbons (Fsp3) is 0.214. The van der Waals surface area contributed by atoms with Crippen molar-refractivity contribution in [2.45, 2.75) is 32.0 Å². The maximum atomic E-state index is 13.1. The zero-order valence-corrected chi connectivity index (χ0v) is 18.8. The molecule has 0 bridgehead atoms. The van der Waals surface area contributed by atoms with Crippen molar-refractivity contribution in [1.82, 2.24) is 9.88 Å². The standard InChI is InChI=1S/C28H26N2O3/c1-19-26(23-9-4-6-11-25(23)30(19)16-7-17-31)28(21-14-12-20(13-15-21)18-29-2)24-10-5-3-8-22(24)27(32)33-28/h3-6,8-15,17,29H,7,16,18H2,1-2H3. The summed E-state index contributed by atoms with van der Waals surface area (Å²) in [6.45, 7) is 3.38. The van der Waals surface area contributed by atoms with Gasteiger partial charge in [0.2, 0.25) is 0 Å². The summed E-state index contributed by atoms with van der Waals surface area (Å²) in [5.74, 6) is -0.325. The number of nitrogens with zero attached hydrogens (tertiary/aromatic N) is 1. The molecule has 3 aromatic carbocycles. The molecule has 4 aromatic rings. The van der Waals surface area contributed by atoms with E-state index in [4.69, 9.17) is 4.74 Å². The molecule has 5 rings (SSSR count). The molecule has 1 atom stereocenters. The van der Waals surface area contributed by atoms with Gasteiger partial charge in [0.1, 0.15) is 6.29 Å². The van der Waals surface area contributed by atoms with Gasteiger partial charge in [-0.1, -0.05) is 60.7 Å². The molecule has 2 heterocycles. The number of esters is 1. The molecular formula is C28H26N2O3. The summed E-state index contributed by atoms with van der Waals surface area (Å²) in [5, 5.41) is 4.19. The van der Waals surface area contributed by atoms with Crippen LogP contribution < -0.4 is 5.32 Å². The lowest BCUT2D eigenvalue weighted by molar-refractivity contribution is -0.108. The average Bonchev–Trinajstić information content (AvgIpc) is 3.30. The third-order valence-corrected chi connectivity index (χ3v) is 6.57. The lowest BCUT2D eigenvalue weighted by atomic mass is 9.78. The van der Waals surface area contributed by atoms with Crippen LogP contribution in [0.25, 0.3) is 10.9 Å². The van der Waals surface area contributed by atoms with Gasteiger partial charge < -0.3 is 19.4 Å². The monoisotopic (exact) mass is 438 g/mol. The van der Waals surface area contributed by atoms with Gasteiger partial charge in [0.05, 0.1) is 5.56 Å². The number of aromatic nitrogens is 1. The van der Waals surface area contributed by atoms with Crippen molar-refractivity contribution in [1.29, 1.82) is 0 Å². The minimum atomic E-state index is -1.07. The van der Waals surface area contributed by atoms with E-state index in [-0.39, 0.29) is 5.97 Å². The van der Waals surface area contributed by atoms with Gasteiger partial charge in [-0.3, -0.25) is 0 Å². The maximum absolute atomic E-state index is 13.1. The van der Waals surface area contributed by atoms with Crippen molar-refractivity contribution in [3.05, 3.63) is 106 Å². The zero-order valence-electron chi connectivity index (χ0n) is 18.8. The number of aldehydes is 1. The molecule has 5 heteroatoms. The number of para-hydroxylation sites is 1. The number of benzene rings is 3. The molecule has 166 valence electrons. The Morgan fingerprint density at radius 1 is 1.00 bits per heavy atom. The molecule has 0 saturated carbocycles. The molecule has 1 aliphatic heterocycles. The van der Waals surface area contributed by atoms with Gasteiger partial charge >= 0.3 is 5.97 Å². The number of hydrogen-bond acceptors (Lipinski definition) is 4. The lowest BCUT2D eigenvalue weighted by Crippen LogP contribution is -2.30. The summed E-state index contributed by atoms with van der Waals surface area (Å²) < 4.78 is 8.52. The van der Waals surface area contributed by atoms with Crippen LogP contribution in [0.15, 0.2) is 72.8 Å². The number of fused-ring (bicyclic) bond motifs is 2. The first-order valence-electron chi connectivity index (χ1n) is 11.2. The number of hydrogen-bond donors (Lipinski definition) is 1. The molecule has 0 amide bonds. The second kappa shape index (κ2) is 8.34. The molecule has 5 nitrogen and oxygen atoms in total. The van der Waals surface area contributed by atoms with Gasteiger partial charge in [-0.05, 0) is 31.7 Å². The van der Waals surface area contributed by atoms with Crippen LogP contribution in [0.5, 0.6) is 0 Å². The molecule has 0 spiro atoms. The van der Waals surface area contributed by atoms with Crippen molar-refractivity contribution in [3.8, 4) is 0 Å². The van der Waals surface area contributed by atoms with Crippen LogP contribution >= 0.6 is 0 Å². The van der Waals surface area contributed by atoms with E-state index in [0.717, 1.165) is 51.7 Å². The van der Waals surface area contributed by atoms with Crippen LogP contribution in [0.2, 0.25) is 0 Å². The highest BCUT2D eigenvalue weighted by Crippen LogP contribution is 2.50. The Hall–Kier alpha value is -3.70.